The predicted octanol–water partition coefficient (Wildman–Crippen LogP) is 4.42. The number of nitrogens with zero attached hydrogens (tertiary/aromatic N) is 1. The Kier molecular flexibility index (Phi) is 5.43. The summed E-state index contributed by atoms with van der Waals surface area (Å²) in [5, 5.41) is 5.42. The fourth-order valence-corrected chi connectivity index (χ4v) is 2.01. The number of anilines is 2. The third-order valence-electron chi connectivity index (χ3n) is 3.19. The van der Waals surface area contributed by atoms with Crippen LogP contribution in [0.3, 0.4) is 0 Å². The molecule has 7 heteroatoms. The van der Waals surface area contributed by atoms with Crippen LogP contribution in [0.4, 0.5) is 24.5 Å². The van der Waals surface area contributed by atoms with E-state index in [9.17, 15) is 18.0 Å². The summed E-state index contributed by atoms with van der Waals surface area (Å²) in [6, 6.07) is 8.04. The highest BCUT2D eigenvalue weighted by Crippen LogP contribution is 2.34. The van der Waals surface area contributed by atoms with Crippen LogP contribution in [0.15, 0.2) is 42.6 Å². The summed E-state index contributed by atoms with van der Waals surface area (Å²) in [4.78, 5) is 16.1. The molecule has 0 saturated heterocycles. The maximum Gasteiger partial charge on any atom is 0.418 e. The number of benzene rings is 1. The van der Waals surface area contributed by atoms with Crippen LogP contribution in [0.2, 0.25) is 0 Å². The van der Waals surface area contributed by atoms with E-state index in [-0.39, 0.29) is 11.4 Å². The van der Waals surface area contributed by atoms with Gasteiger partial charge in [0.25, 0.3) is 5.91 Å². The first-order valence-electron chi connectivity index (χ1n) is 7.45. The van der Waals surface area contributed by atoms with Crippen molar-refractivity contribution < 1.29 is 18.0 Å². The molecule has 0 aliphatic heterocycles. The number of nitrogens with one attached hydrogen (secondary N) is 2. The quantitative estimate of drug-likeness (QED) is 0.849. The highest BCUT2D eigenvalue weighted by molar-refractivity contribution is 6.03. The van der Waals surface area contributed by atoms with Crippen molar-refractivity contribution in [1.82, 2.24) is 4.98 Å². The molecular weight excluding hydrogens is 319 g/mol. The summed E-state index contributed by atoms with van der Waals surface area (Å²) in [6.07, 6.45) is -3.11. The lowest BCUT2D eigenvalue weighted by molar-refractivity contribution is -0.136. The van der Waals surface area contributed by atoms with Gasteiger partial charge in [-0.25, -0.2) is 0 Å². The molecule has 1 amide bonds. The maximum absolute atomic E-state index is 13.0. The van der Waals surface area contributed by atoms with Crippen LogP contribution in [-0.2, 0) is 6.18 Å². The van der Waals surface area contributed by atoms with Crippen molar-refractivity contribution in [3.8, 4) is 0 Å². The van der Waals surface area contributed by atoms with Gasteiger partial charge in [0.2, 0.25) is 0 Å². The van der Waals surface area contributed by atoms with Gasteiger partial charge in [0.15, 0.2) is 0 Å². The van der Waals surface area contributed by atoms with E-state index in [4.69, 9.17) is 0 Å². The number of aromatic nitrogens is 1. The Bertz CT molecular complexity index is 714. The Labute approximate surface area is 138 Å². The van der Waals surface area contributed by atoms with Crippen LogP contribution in [0.25, 0.3) is 0 Å². The molecule has 0 fully saturated rings. The second-order valence-electron chi connectivity index (χ2n) is 5.70. The van der Waals surface area contributed by atoms with Crippen LogP contribution in [-0.4, -0.2) is 17.4 Å². The zero-order valence-corrected chi connectivity index (χ0v) is 13.3. The summed E-state index contributed by atoms with van der Waals surface area (Å²) < 4.78 is 38.9. The van der Waals surface area contributed by atoms with E-state index >= 15 is 0 Å². The van der Waals surface area contributed by atoms with E-state index in [0.29, 0.717) is 18.2 Å². The summed E-state index contributed by atoms with van der Waals surface area (Å²) in [5.41, 5.74) is -0.460. The smallest absolute Gasteiger partial charge is 0.385 e. The van der Waals surface area contributed by atoms with Gasteiger partial charge >= 0.3 is 6.18 Å². The average Bonchev–Trinajstić information content (AvgIpc) is 2.52. The Morgan fingerprint density at radius 1 is 1.21 bits per heavy atom. The summed E-state index contributed by atoms with van der Waals surface area (Å²) in [7, 11) is 0. The summed E-state index contributed by atoms with van der Waals surface area (Å²) in [6.45, 7) is 4.79. The number of carbonyl (C=O) groups excluding carboxylic acids is 1. The lowest BCUT2D eigenvalue weighted by Gasteiger charge is -2.14. The first kappa shape index (κ1) is 17.8. The number of amides is 1. The minimum Gasteiger partial charge on any atom is -0.385 e. The van der Waals surface area contributed by atoms with E-state index in [0.717, 1.165) is 6.07 Å². The molecule has 0 unspecified atom stereocenters. The Morgan fingerprint density at radius 2 is 1.92 bits per heavy atom. The molecule has 4 nitrogen and oxygen atoms in total. The van der Waals surface area contributed by atoms with Crippen molar-refractivity contribution in [2.45, 2.75) is 20.0 Å². The van der Waals surface area contributed by atoms with Gasteiger partial charge in [-0.1, -0.05) is 26.0 Å². The van der Waals surface area contributed by atoms with Crippen molar-refractivity contribution in [2.24, 2.45) is 5.92 Å². The van der Waals surface area contributed by atoms with E-state index in [1.807, 2.05) is 13.8 Å². The highest BCUT2D eigenvalue weighted by Gasteiger charge is 2.33. The van der Waals surface area contributed by atoms with Gasteiger partial charge in [-0.05, 0) is 30.2 Å². The number of para-hydroxylation sites is 1. The number of rotatable bonds is 5. The van der Waals surface area contributed by atoms with Crippen LogP contribution in [0.5, 0.6) is 0 Å². The van der Waals surface area contributed by atoms with Crippen LogP contribution in [0, 0.1) is 5.92 Å². The molecule has 0 radical (unpaired) electrons. The summed E-state index contributed by atoms with van der Waals surface area (Å²) >= 11 is 0. The first-order valence-corrected chi connectivity index (χ1v) is 7.45. The van der Waals surface area contributed by atoms with Crippen LogP contribution in [0.1, 0.15) is 29.9 Å². The van der Waals surface area contributed by atoms with Crippen molar-refractivity contribution in [1.29, 1.82) is 0 Å². The van der Waals surface area contributed by atoms with Gasteiger partial charge in [0, 0.05) is 18.4 Å². The molecule has 0 spiro atoms. The second-order valence-corrected chi connectivity index (χ2v) is 5.70. The Morgan fingerprint density at radius 3 is 2.58 bits per heavy atom. The maximum atomic E-state index is 13.0. The largest absolute Gasteiger partial charge is 0.418 e. The van der Waals surface area contributed by atoms with Gasteiger partial charge in [-0.15, -0.1) is 0 Å². The fraction of sp³-hybridized carbons (Fsp3) is 0.294. The van der Waals surface area contributed by atoms with Gasteiger partial charge in [-0.2, -0.15) is 13.2 Å². The van der Waals surface area contributed by atoms with Crippen molar-refractivity contribution in [3.05, 3.63) is 53.9 Å². The monoisotopic (exact) mass is 337 g/mol. The molecule has 1 aromatic heterocycles. The standard InChI is InChI=1S/C17H18F3N3O/c1-11(2)10-22-12-7-8-21-15(9-12)16(24)23-14-6-4-3-5-13(14)17(18,19)20/h3-9,11H,10H2,1-2H3,(H,21,22)(H,23,24). The molecule has 0 atom stereocenters. The number of hydrogen-bond donors (Lipinski definition) is 2. The number of alkyl halides is 3. The molecular formula is C17H18F3N3O. The normalized spacial score (nSPS) is 11.4. The molecule has 1 aromatic carbocycles. The second kappa shape index (κ2) is 7.33. The lowest BCUT2D eigenvalue weighted by Crippen LogP contribution is -2.18. The highest BCUT2D eigenvalue weighted by atomic mass is 19.4. The zero-order valence-electron chi connectivity index (χ0n) is 13.3. The third-order valence-corrected chi connectivity index (χ3v) is 3.19. The lowest BCUT2D eigenvalue weighted by atomic mass is 10.1. The number of carbonyl (C=O) groups is 1. The van der Waals surface area contributed by atoms with Crippen LogP contribution < -0.4 is 10.6 Å². The van der Waals surface area contributed by atoms with E-state index in [1.54, 1.807) is 6.07 Å². The molecule has 24 heavy (non-hydrogen) atoms. The minimum atomic E-state index is -4.54. The van der Waals surface area contributed by atoms with Gasteiger partial charge in [-0.3, -0.25) is 9.78 Å². The average molecular weight is 337 g/mol. The topological polar surface area (TPSA) is 54.0 Å². The van der Waals surface area contributed by atoms with E-state index in [2.05, 4.69) is 15.6 Å². The van der Waals surface area contributed by atoms with Gasteiger partial charge in [0.1, 0.15) is 5.69 Å². The molecule has 0 aliphatic rings. The van der Waals surface area contributed by atoms with Crippen LogP contribution >= 0.6 is 0 Å². The fourth-order valence-electron chi connectivity index (χ4n) is 2.01. The van der Waals surface area contributed by atoms with E-state index < -0.39 is 17.6 Å². The van der Waals surface area contributed by atoms with E-state index in [1.165, 1.54) is 30.5 Å². The molecule has 0 bridgehead atoms. The Hall–Kier alpha value is -2.57. The number of pyridine rings is 1. The van der Waals surface area contributed by atoms with Crippen molar-refractivity contribution in [2.75, 3.05) is 17.2 Å². The number of halogens is 3. The molecule has 2 N–H and O–H groups in total. The van der Waals surface area contributed by atoms with Gasteiger partial charge in [0.05, 0.1) is 11.3 Å². The Balaban J connectivity index is 2.18. The molecule has 2 rings (SSSR count). The molecule has 2 aromatic rings. The predicted molar refractivity (Wildman–Crippen MR) is 87.0 cm³/mol. The molecule has 1 heterocycles. The third kappa shape index (κ3) is 4.71. The molecule has 128 valence electrons. The minimum absolute atomic E-state index is 0.0423. The SMILES string of the molecule is CC(C)CNc1ccnc(C(=O)Nc2ccccc2C(F)(F)F)c1. The van der Waals surface area contributed by atoms with Crippen molar-refractivity contribution >= 4 is 17.3 Å². The number of hydrogen-bond acceptors (Lipinski definition) is 3. The molecule has 0 saturated carbocycles. The molecule has 0 aliphatic carbocycles. The van der Waals surface area contributed by atoms with Crippen molar-refractivity contribution in [3.63, 3.8) is 0 Å². The summed E-state index contributed by atoms with van der Waals surface area (Å²) in [5.74, 6) is -0.283. The first-order chi connectivity index (χ1) is 11.3. The zero-order chi connectivity index (χ0) is 17.7. The van der Waals surface area contributed by atoms with Gasteiger partial charge < -0.3 is 10.6 Å².